The molecular weight excluding hydrogens is 302 g/mol. The molecule has 0 unspecified atom stereocenters. The van der Waals surface area contributed by atoms with Crippen LogP contribution in [0.4, 0.5) is 0 Å². The minimum atomic E-state index is -0.539. The largest absolute Gasteiger partial charge is 0.459 e. The number of aryl methyl sites for hydroxylation is 1. The van der Waals surface area contributed by atoms with E-state index in [0.717, 1.165) is 4.90 Å². The quantitative estimate of drug-likeness (QED) is 0.365. The van der Waals surface area contributed by atoms with E-state index in [1.54, 1.807) is 11.8 Å². The number of rotatable bonds is 4. The van der Waals surface area contributed by atoms with Gasteiger partial charge in [-0.2, -0.15) is 0 Å². The van der Waals surface area contributed by atoms with Crippen LogP contribution in [0.15, 0.2) is 34.3 Å². The summed E-state index contributed by atoms with van der Waals surface area (Å²) in [7, 11) is 0. The molecule has 4 atom stereocenters. The third-order valence-corrected chi connectivity index (χ3v) is 4.54. The Morgan fingerprint density at radius 2 is 2.14 bits per heavy atom. The lowest BCUT2D eigenvalue weighted by atomic mass is 10.0. The minimum absolute atomic E-state index is 0.139. The van der Waals surface area contributed by atoms with Gasteiger partial charge in [-0.3, -0.25) is 4.79 Å². The highest BCUT2D eigenvalue weighted by Gasteiger charge is 2.38. The molecule has 1 aromatic carbocycles. The lowest BCUT2D eigenvalue weighted by Gasteiger charge is -2.37. The first-order chi connectivity index (χ1) is 10.5. The summed E-state index contributed by atoms with van der Waals surface area (Å²) in [6.07, 6.45) is -0.357. The van der Waals surface area contributed by atoms with Crippen LogP contribution in [0.25, 0.3) is 10.4 Å². The zero-order valence-electron chi connectivity index (χ0n) is 12.8. The van der Waals surface area contributed by atoms with Crippen LogP contribution >= 0.6 is 11.8 Å². The lowest BCUT2D eigenvalue weighted by Crippen LogP contribution is -2.47. The third-order valence-electron chi connectivity index (χ3n) is 3.43. The number of esters is 1. The number of azide groups is 1. The maximum Gasteiger partial charge on any atom is 0.303 e. The zero-order chi connectivity index (χ0) is 16.1. The summed E-state index contributed by atoms with van der Waals surface area (Å²) in [6, 6.07) is 7.74. The minimum Gasteiger partial charge on any atom is -0.459 e. The molecule has 0 radical (unpaired) electrons. The van der Waals surface area contributed by atoms with Gasteiger partial charge in [0.25, 0.3) is 0 Å². The number of hydrogen-bond donors (Lipinski definition) is 0. The predicted molar refractivity (Wildman–Crippen MR) is 84.5 cm³/mol. The number of carbonyl (C=O) groups is 1. The molecule has 1 aromatic rings. The highest BCUT2D eigenvalue weighted by atomic mass is 32.2. The molecule has 0 saturated carbocycles. The van der Waals surface area contributed by atoms with Crippen LogP contribution in [-0.2, 0) is 14.3 Å². The Kier molecular flexibility index (Phi) is 5.71. The van der Waals surface area contributed by atoms with Gasteiger partial charge in [0.15, 0.2) is 0 Å². The van der Waals surface area contributed by atoms with Gasteiger partial charge in [0.05, 0.1) is 12.1 Å². The molecule has 118 valence electrons. The second kappa shape index (κ2) is 7.54. The normalized spacial score (nSPS) is 27.8. The van der Waals surface area contributed by atoms with E-state index < -0.39 is 18.1 Å². The van der Waals surface area contributed by atoms with E-state index in [4.69, 9.17) is 15.0 Å². The number of nitrogens with zero attached hydrogens (tertiary/aromatic N) is 3. The Hall–Kier alpha value is -1.69. The van der Waals surface area contributed by atoms with Gasteiger partial charge < -0.3 is 9.47 Å². The molecule has 1 fully saturated rings. The summed E-state index contributed by atoms with van der Waals surface area (Å²) in [4.78, 5) is 15.2. The van der Waals surface area contributed by atoms with Crippen molar-refractivity contribution in [2.45, 2.75) is 55.8 Å². The lowest BCUT2D eigenvalue weighted by molar-refractivity contribution is -0.163. The predicted octanol–water partition coefficient (Wildman–Crippen LogP) is 3.83. The Morgan fingerprint density at radius 3 is 2.73 bits per heavy atom. The summed E-state index contributed by atoms with van der Waals surface area (Å²) in [5.74, 6) is -0.400. The maximum atomic E-state index is 11.2. The van der Waals surface area contributed by atoms with Crippen molar-refractivity contribution in [3.05, 3.63) is 40.3 Å². The first-order valence-corrected chi connectivity index (χ1v) is 7.97. The van der Waals surface area contributed by atoms with E-state index in [-0.39, 0.29) is 11.5 Å². The fourth-order valence-corrected chi connectivity index (χ4v) is 3.53. The number of hydrogen-bond acceptors (Lipinski definition) is 5. The first kappa shape index (κ1) is 16.7. The van der Waals surface area contributed by atoms with E-state index >= 15 is 0 Å². The smallest absolute Gasteiger partial charge is 0.303 e. The Labute approximate surface area is 133 Å². The summed E-state index contributed by atoms with van der Waals surface area (Å²) >= 11 is 1.58. The highest BCUT2D eigenvalue weighted by molar-refractivity contribution is 7.99. The Bertz CT molecular complexity index is 572. The Balaban J connectivity index is 2.08. The molecule has 1 aliphatic heterocycles. The van der Waals surface area contributed by atoms with E-state index in [0.29, 0.717) is 6.42 Å². The monoisotopic (exact) mass is 321 g/mol. The molecule has 0 amide bonds. The van der Waals surface area contributed by atoms with Crippen molar-refractivity contribution in [3.8, 4) is 0 Å². The zero-order valence-corrected chi connectivity index (χ0v) is 13.6. The summed E-state index contributed by atoms with van der Waals surface area (Å²) in [5.41, 5.74) is 9.79. The average molecular weight is 321 g/mol. The number of benzene rings is 1. The standard InChI is InChI=1S/C15H19N3O3S/c1-9-4-6-12(7-5-9)22-14-8-13(17-18-16)15(10(2)20-14)21-11(3)19/h4-7,10,13-15H,8H2,1-3H3/t10-,13-,14-,15-/m0/s1. The second-order valence-corrected chi connectivity index (χ2v) is 6.52. The van der Waals surface area contributed by atoms with Gasteiger partial charge in [0.1, 0.15) is 11.5 Å². The SMILES string of the molecule is CC(=O)O[C@@H]1[C@@H](N=[N+]=[N-])C[C@H](Sc2ccc(C)cc2)O[C@H]1C. The van der Waals surface area contributed by atoms with Crippen molar-refractivity contribution in [1.29, 1.82) is 0 Å². The van der Waals surface area contributed by atoms with Crippen molar-refractivity contribution in [3.63, 3.8) is 0 Å². The fraction of sp³-hybridized carbons (Fsp3) is 0.533. The van der Waals surface area contributed by atoms with Crippen LogP contribution in [0.2, 0.25) is 0 Å². The summed E-state index contributed by atoms with van der Waals surface area (Å²) in [6.45, 7) is 5.21. The van der Waals surface area contributed by atoms with Crippen LogP contribution in [0.5, 0.6) is 0 Å². The van der Waals surface area contributed by atoms with E-state index in [2.05, 4.69) is 10.0 Å². The fourth-order valence-electron chi connectivity index (χ4n) is 2.41. The molecule has 0 spiro atoms. The van der Waals surface area contributed by atoms with Crippen molar-refractivity contribution in [1.82, 2.24) is 0 Å². The molecule has 1 heterocycles. The van der Waals surface area contributed by atoms with Crippen molar-refractivity contribution >= 4 is 17.7 Å². The topological polar surface area (TPSA) is 84.3 Å². The van der Waals surface area contributed by atoms with Gasteiger partial charge in [0, 0.05) is 16.7 Å². The molecule has 22 heavy (non-hydrogen) atoms. The number of carbonyl (C=O) groups excluding carboxylic acids is 1. The molecule has 0 aromatic heterocycles. The van der Waals surface area contributed by atoms with Gasteiger partial charge in [-0.25, -0.2) is 0 Å². The Morgan fingerprint density at radius 1 is 1.45 bits per heavy atom. The molecule has 0 N–H and O–H groups in total. The summed E-state index contributed by atoms with van der Waals surface area (Å²) in [5, 5.41) is 3.78. The number of thioether (sulfide) groups is 1. The molecule has 1 saturated heterocycles. The molecule has 1 aliphatic rings. The van der Waals surface area contributed by atoms with Gasteiger partial charge >= 0.3 is 5.97 Å². The van der Waals surface area contributed by atoms with Crippen molar-refractivity contribution in [2.24, 2.45) is 5.11 Å². The van der Waals surface area contributed by atoms with Gasteiger partial charge in [0.2, 0.25) is 0 Å². The molecule has 0 aliphatic carbocycles. The number of ether oxygens (including phenoxy) is 2. The van der Waals surface area contributed by atoms with Crippen molar-refractivity contribution < 1.29 is 14.3 Å². The van der Waals surface area contributed by atoms with Crippen LogP contribution < -0.4 is 0 Å². The average Bonchev–Trinajstić information content (AvgIpc) is 2.45. The van der Waals surface area contributed by atoms with Gasteiger partial charge in [-0.05, 0) is 37.9 Å². The van der Waals surface area contributed by atoms with Crippen molar-refractivity contribution in [2.75, 3.05) is 0 Å². The van der Waals surface area contributed by atoms with E-state index in [1.807, 2.05) is 38.1 Å². The molecule has 7 heteroatoms. The highest BCUT2D eigenvalue weighted by Crippen LogP contribution is 2.35. The van der Waals surface area contributed by atoms with Crippen LogP contribution in [0.1, 0.15) is 25.8 Å². The third kappa shape index (κ3) is 4.40. The first-order valence-electron chi connectivity index (χ1n) is 7.10. The van der Waals surface area contributed by atoms with Gasteiger partial charge in [-0.1, -0.05) is 34.6 Å². The van der Waals surface area contributed by atoms with Gasteiger partial charge in [-0.15, -0.1) is 0 Å². The van der Waals surface area contributed by atoms with Crippen LogP contribution in [0.3, 0.4) is 0 Å². The molecular formula is C15H19N3O3S. The maximum absolute atomic E-state index is 11.2. The second-order valence-electron chi connectivity index (χ2n) is 5.28. The molecule has 2 rings (SSSR count). The van der Waals surface area contributed by atoms with E-state index in [9.17, 15) is 4.79 Å². The molecule has 6 nitrogen and oxygen atoms in total. The van der Waals surface area contributed by atoms with E-state index in [1.165, 1.54) is 12.5 Å². The summed E-state index contributed by atoms with van der Waals surface area (Å²) < 4.78 is 11.2. The van der Waals surface area contributed by atoms with Crippen LogP contribution in [0, 0.1) is 6.92 Å². The molecule has 0 bridgehead atoms. The van der Waals surface area contributed by atoms with Crippen LogP contribution in [-0.4, -0.2) is 29.7 Å².